The Kier molecular flexibility index (Phi) is 16.3. The van der Waals surface area contributed by atoms with Gasteiger partial charge in [0.05, 0.1) is 0 Å². The van der Waals surface area contributed by atoms with Crippen molar-refractivity contribution in [2.45, 2.75) is 116 Å². The zero-order chi connectivity index (χ0) is 17.4. The van der Waals surface area contributed by atoms with Gasteiger partial charge in [0.1, 0.15) is 0 Å². The first-order valence-corrected chi connectivity index (χ1v) is 18.4. The van der Waals surface area contributed by atoms with E-state index in [0.29, 0.717) is 0 Å². The van der Waals surface area contributed by atoms with Crippen LogP contribution >= 0.6 is 0 Å². The zero-order valence-corrected chi connectivity index (χ0v) is 19.9. The van der Waals surface area contributed by atoms with E-state index in [1.165, 1.54) is 64.2 Å². The molecule has 0 fully saturated rings. The number of hydrogen-bond donors (Lipinski definition) is 0. The van der Waals surface area contributed by atoms with E-state index in [1.54, 1.807) is 13.3 Å². The van der Waals surface area contributed by atoms with Crippen molar-refractivity contribution in [1.29, 1.82) is 0 Å². The molecule has 0 aromatic rings. The number of nitrogens with zero attached hydrogens (tertiary/aromatic N) is 1. The summed E-state index contributed by atoms with van der Waals surface area (Å²) < 4.78 is 5.79. The van der Waals surface area contributed by atoms with Gasteiger partial charge in [-0.1, -0.05) is 0 Å². The average molecular weight is 430 g/mol. The minimum atomic E-state index is -2.12. The normalized spacial score (nSPS) is 13.8. The number of aliphatic imine (C=N–C) groups is 1. The Balaban J connectivity index is 5.27. The third kappa shape index (κ3) is 10.1. The maximum atomic E-state index is 4.77. The summed E-state index contributed by atoms with van der Waals surface area (Å²) in [7, 11) is 0. The first-order valence-electron chi connectivity index (χ1n) is 10.7. The van der Waals surface area contributed by atoms with Crippen LogP contribution < -0.4 is 0 Å². The molecular formula is C21H45NSn. The monoisotopic (exact) mass is 431 g/mol. The molecule has 0 aliphatic rings. The van der Waals surface area contributed by atoms with Crippen molar-refractivity contribution in [3.63, 3.8) is 0 Å². The molecule has 1 atom stereocenters. The molecule has 0 heterocycles. The SMILES string of the molecule is CCCCC[CH](C=NCC)[Sn]([CH2]CCC)([CH2]CCC)[CH2]CCC. The first kappa shape index (κ1) is 23.5. The van der Waals surface area contributed by atoms with Crippen molar-refractivity contribution < 1.29 is 0 Å². The van der Waals surface area contributed by atoms with Crippen LogP contribution in [0.5, 0.6) is 0 Å². The van der Waals surface area contributed by atoms with Crippen LogP contribution in [0.1, 0.15) is 98.8 Å². The Hall–Kier alpha value is 0.469. The van der Waals surface area contributed by atoms with Crippen LogP contribution in [-0.4, -0.2) is 31.1 Å². The van der Waals surface area contributed by atoms with E-state index < -0.39 is 18.4 Å². The second-order valence-electron chi connectivity index (χ2n) is 7.42. The fourth-order valence-corrected chi connectivity index (χ4v) is 21.8. The van der Waals surface area contributed by atoms with Crippen LogP contribution in [0, 0.1) is 0 Å². The third-order valence-electron chi connectivity index (χ3n) is 5.46. The molecule has 0 N–H and O–H groups in total. The predicted octanol–water partition coefficient (Wildman–Crippen LogP) is 7.88. The fourth-order valence-electron chi connectivity index (χ4n) is 3.90. The molecule has 0 aromatic heterocycles. The summed E-state index contributed by atoms with van der Waals surface area (Å²) in [4.78, 5) is 4.77. The number of unbranched alkanes of at least 4 members (excludes halogenated alkanes) is 5. The maximum absolute atomic E-state index is 4.77. The molecule has 0 rings (SSSR count). The molecule has 0 aliphatic carbocycles. The summed E-state index contributed by atoms with van der Waals surface area (Å²) in [6.07, 6.45) is 16.7. The molecular weight excluding hydrogens is 385 g/mol. The summed E-state index contributed by atoms with van der Waals surface area (Å²) >= 11 is -2.12. The van der Waals surface area contributed by atoms with Crippen LogP contribution in [0.15, 0.2) is 4.99 Å². The summed E-state index contributed by atoms with van der Waals surface area (Å²) in [5.74, 6) is 0. The molecule has 2 heteroatoms. The van der Waals surface area contributed by atoms with Gasteiger partial charge in [-0.15, -0.1) is 0 Å². The van der Waals surface area contributed by atoms with E-state index in [4.69, 9.17) is 4.99 Å². The minimum absolute atomic E-state index is 0.917. The molecule has 1 unspecified atom stereocenters. The van der Waals surface area contributed by atoms with E-state index in [1.807, 2.05) is 0 Å². The quantitative estimate of drug-likeness (QED) is 0.134. The molecule has 23 heavy (non-hydrogen) atoms. The molecule has 0 saturated carbocycles. The van der Waals surface area contributed by atoms with Crippen molar-refractivity contribution in [1.82, 2.24) is 0 Å². The van der Waals surface area contributed by atoms with Gasteiger partial charge in [0.2, 0.25) is 0 Å². The van der Waals surface area contributed by atoms with Crippen molar-refractivity contribution in [2.24, 2.45) is 4.99 Å². The van der Waals surface area contributed by atoms with Gasteiger partial charge in [-0.3, -0.25) is 0 Å². The van der Waals surface area contributed by atoms with Crippen molar-refractivity contribution >= 4 is 24.6 Å². The topological polar surface area (TPSA) is 12.4 Å². The van der Waals surface area contributed by atoms with Gasteiger partial charge in [0.15, 0.2) is 0 Å². The Morgan fingerprint density at radius 1 is 0.696 bits per heavy atom. The van der Waals surface area contributed by atoms with Crippen LogP contribution in [0.3, 0.4) is 0 Å². The van der Waals surface area contributed by atoms with Crippen molar-refractivity contribution in [3.8, 4) is 0 Å². The van der Waals surface area contributed by atoms with Gasteiger partial charge in [0.25, 0.3) is 0 Å². The van der Waals surface area contributed by atoms with Crippen molar-refractivity contribution in [3.05, 3.63) is 0 Å². The van der Waals surface area contributed by atoms with E-state index in [2.05, 4.69) is 40.8 Å². The van der Waals surface area contributed by atoms with Crippen LogP contribution in [0.25, 0.3) is 0 Å². The third-order valence-corrected chi connectivity index (χ3v) is 22.8. The Bertz CT molecular complexity index is 253. The van der Waals surface area contributed by atoms with Gasteiger partial charge in [-0.25, -0.2) is 0 Å². The van der Waals surface area contributed by atoms with Crippen molar-refractivity contribution in [2.75, 3.05) is 6.54 Å². The summed E-state index contributed by atoms with van der Waals surface area (Å²) in [6.45, 7) is 12.6. The molecule has 0 radical (unpaired) electrons. The van der Waals surface area contributed by atoms with Crippen LogP contribution in [0.4, 0.5) is 0 Å². The van der Waals surface area contributed by atoms with Crippen LogP contribution in [-0.2, 0) is 0 Å². The molecule has 138 valence electrons. The molecule has 1 nitrogen and oxygen atoms in total. The molecule has 0 spiro atoms. The Labute approximate surface area is 152 Å². The van der Waals surface area contributed by atoms with Crippen LogP contribution in [0.2, 0.25) is 17.2 Å². The first-order chi connectivity index (χ1) is 11.2. The number of hydrogen-bond acceptors (Lipinski definition) is 1. The zero-order valence-electron chi connectivity index (χ0n) is 17.0. The second kappa shape index (κ2) is 16.0. The Morgan fingerprint density at radius 2 is 1.17 bits per heavy atom. The summed E-state index contributed by atoms with van der Waals surface area (Å²) in [5.41, 5.74) is 0. The van der Waals surface area contributed by atoms with Gasteiger partial charge in [0, 0.05) is 0 Å². The molecule has 0 aliphatic heterocycles. The summed E-state index contributed by atoms with van der Waals surface area (Å²) in [6, 6.07) is 0. The Morgan fingerprint density at radius 3 is 1.57 bits per heavy atom. The molecule has 0 bridgehead atoms. The van der Waals surface area contributed by atoms with E-state index >= 15 is 0 Å². The second-order valence-corrected chi connectivity index (χ2v) is 21.6. The van der Waals surface area contributed by atoms with E-state index in [0.717, 1.165) is 10.5 Å². The van der Waals surface area contributed by atoms with E-state index in [9.17, 15) is 0 Å². The number of rotatable bonds is 16. The molecule has 0 aromatic carbocycles. The fraction of sp³-hybridized carbons (Fsp3) is 0.952. The van der Waals surface area contributed by atoms with Gasteiger partial charge < -0.3 is 0 Å². The standard InChI is InChI=1S/C9H18N.3C4H9.Sn/c1-3-5-6-7-8-9-10-4-2;3*1-3-4-2;/h8-9H,3-7H2,1-2H3;3*1,3-4H2,2H3;. The molecule has 0 amide bonds. The predicted molar refractivity (Wildman–Crippen MR) is 112 cm³/mol. The van der Waals surface area contributed by atoms with Gasteiger partial charge in [-0.05, 0) is 0 Å². The average Bonchev–Trinajstić information content (AvgIpc) is 2.58. The van der Waals surface area contributed by atoms with Gasteiger partial charge >= 0.3 is 152 Å². The molecule has 0 saturated heterocycles. The summed E-state index contributed by atoms with van der Waals surface area (Å²) in [5, 5.41) is 0. The van der Waals surface area contributed by atoms with Gasteiger partial charge in [-0.2, -0.15) is 0 Å². The van der Waals surface area contributed by atoms with E-state index in [-0.39, 0.29) is 0 Å².